The number of methoxy groups -OCH3 is 1. The average Bonchev–Trinajstić information content (AvgIpc) is 3.09. The van der Waals surface area contributed by atoms with Crippen LogP contribution in [0.15, 0.2) is 35.5 Å². The molecule has 0 aliphatic rings. The van der Waals surface area contributed by atoms with Gasteiger partial charge in [-0.25, -0.2) is 18.1 Å². The lowest BCUT2D eigenvalue weighted by molar-refractivity contribution is 0.414. The van der Waals surface area contributed by atoms with E-state index in [1.165, 1.54) is 11.3 Å². The van der Waals surface area contributed by atoms with Gasteiger partial charge in [0.1, 0.15) is 5.75 Å². The van der Waals surface area contributed by atoms with Crippen molar-refractivity contribution >= 4 is 26.3 Å². The summed E-state index contributed by atoms with van der Waals surface area (Å²) < 4.78 is 35.4. The van der Waals surface area contributed by atoms with Crippen LogP contribution in [0.4, 0.5) is 0 Å². The van der Waals surface area contributed by atoms with Crippen LogP contribution >= 0.6 is 11.3 Å². The van der Waals surface area contributed by atoms with E-state index in [1.807, 2.05) is 51.2 Å². The fourth-order valence-electron chi connectivity index (χ4n) is 2.59. The molecule has 25 heavy (non-hydrogen) atoms. The number of fused-ring (bicyclic) bond motifs is 1. The zero-order chi connectivity index (χ0) is 18.2. The Labute approximate surface area is 151 Å². The van der Waals surface area contributed by atoms with Gasteiger partial charge in [-0.05, 0) is 30.5 Å². The van der Waals surface area contributed by atoms with Gasteiger partial charge in [0.05, 0.1) is 12.8 Å². The summed E-state index contributed by atoms with van der Waals surface area (Å²) in [7, 11) is -2.10. The molecule has 0 amide bonds. The summed E-state index contributed by atoms with van der Waals surface area (Å²) in [6.45, 7) is 6.04. The summed E-state index contributed by atoms with van der Waals surface area (Å²) in [5, 5.41) is 0.232. The van der Waals surface area contributed by atoms with E-state index in [4.69, 9.17) is 4.74 Å². The molecule has 0 bridgehead atoms. The molecule has 0 radical (unpaired) electrons. The van der Waals surface area contributed by atoms with Crippen LogP contribution in [0, 0.1) is 6.92 Å². The lowest BCUT2D eigenvalue weighted by Crippen LogP contribution is -2.25. The third-order valence-electron chi connectivity index (χ3n) is 3.85. The van der Waals surface area contributed by atoms with Crippen LogP contribution in [0.1, 0.15) is 35.9 Å². The van der Waals surface area contributed by atoms with Gasteiger partial charge in [-0.2, -0.15) is 0 Å². The molecule has 0 aliphatic carbocycles. The summed E-state index contributed by atoms with van der Waals surface area (Å²) in [5.74, 6) is 0.750. The SMILES string of the molecule is COc1ccc(CNS(=O)(=O)c2c(C(C)C)nc3sc(C)cn23)cc1. The first kappa shape index (κ1) is 17.9. The van der Waals surface area contributed by atoms with Crippen LogP contribution in [-0.2, 0) is 16.6 Å². The lowest BCUT2D eigenvalue weighted by atomic mass is 10.2. The highest BCUT2D eigenvalue weighted by Crippen LogP contribution is 2.28. The van der Waals surface area contributed by atoms with E-state index in [0.717, 1.165) is 16.2 Å². The van der Waals surface area contributed by atoms with Crippen molar-refractivity contribution in [3.63, 3.8) is 0 Å². The van der Waals surface area contributed by atoms with Gasteiger partial charge in [-0.1, -0.05) is 26.0 Å². The maximum Gasteiger partial charge on any atom is 0.258 e. The van der Waals surface area contributed by atoms with Crippen molar-refractivity contribution in [2.24, 2.45) is 0 Å². The molecule has 0 aliphatic heterocycles. The van der Waals surface area contributed by atoms with E-state index < -0.39 is 10.0 Å². The Bertz CT molecular complexity index is 986. The van der Waals surface area contributed by atoms with E-state index in [2.05, 4.69) is 9.71 Å². The van der Waals surface area contributed by atoms with Crippen LogP contribution < -0.4 is 9.46 Å². The normalized spacial score (nSPS) is 12.2. The van der Waals surface area contributed by atoms with E-state index >= 15 is 0 Å². The van der Waals surface area contributed by atoms with Gasteiger partial charge in [0.15, 0.2) is 9.99 Å². The van der Waals surface area contributed by atoms with Gasteiger partial charge in [-0.15, -0.1) is 11.3 Å². The van der Waals surface area contributed by atoms with Gasteiger partial charge < -0.3 is 4.74 Å². The summed E-state index contributed by atoms with van der Waals surface area (Å²) in [6, 6.07) is 7.29. The number of aromatic nitrogens is 2. The molecule has 0 spiro atoms. The highest BCUT2D eigenvalue weighted by Gasteiger charge is 2.27. The Morgan fingerprint density at radius 3 is 2.56 bits per heavy atom. The summed E-state index contributed by atoms with van der Waals surface area (Å²) in [4.78, 5) is 6.24. The summed E-state index contributed by atoms with van der Waals surface area (Å²) in [6.07, 6.45) is 1.82. The second-order valence-corrected chi connectivity index (χ2v) is 9.02. The van der Waals surface area contributed by atoms with Crippen LogP contribution in [0.25, 0.3) is 4.96 Å². The largest absolute Gasteiger partial charge is 0.497 e. The summed E-state index contributed by atoms with van der Waals surface area (Å²) >= 11 is 1.48. The predicted octanol–water partition coefficient (Wildman–Crippen LogP) is 3.31. The topological polar surface area (TPSA) is 72.7 Å². The standard InChI is InChI=1S/C17H21N3O3S2/c1-11(2)15-16(20-10-12(3)24-17(20)19-15)25(21,22)18-9-13-5-7-14(23-4)8-6-13/h5-8,10-11,18H,9H2,1-4H3. The van der Waals surface area contributed by atoms with E-state index in [0.29, 0.717) is 10.7 Å². The molecule has 2 aromatic heterocycles. The number of ether oxygens (including phenoxy) is 1. The minimum atomic E-state index is -3.69. The van der Waals surface area contributed by atoms with Crippen LogP contribution in [0.3, 0.4) is 0 Å². The average molecular weight is 380 g/mol. The monoisotopic (exact) mass is 379 g/mol. The van der Waals surface area contributed by atoms with Crippen molar-refractivity contribution in [3.8, 4) is 5.75 Å². The molecule has 1 N–H and O–H groups in total. The first-order valence-corrected chi connectivity index (χ1v) is 10.2. The van der Waals surface area contributed by atoms with E-state index in [-0.39, 0.29) is 17.5 Å². The minimum absolute atomic E-state index is 0.0139. The van der Waals surface area contributed by atoms with Crippen molar-refractivity contribution in [2.75, 3.05) is 7.11 Å². The molecule has 1 aromatic carbocycles. The molecule has 0 saturated heterocycles. The number of nitrogens with one attached hydrogen (secondary N) is 1. The number of imidazole rings is 1. The molecule has 3 aromatic rings. The van der Waals surface area contributed by atoms with Crippen LogP contribution in [-0.4, -0.2) is 24.9 Å². The highest BCUT2D eigenvalue weighted by molar-refractivity contribution is 7.89. The third-order valence-corrected chi connectivity index (χ3v) is 6.19. The van der Waals surface area contributed by atoms with Crippen molar-refractivity contribution in [2.45, 2.75) is 38.3 Å². The summed E-state index contributed by atoms with van der Waals surface area (Å²) in [5.41, 5.74) is 1.45. The molecule has 6 nitrogen and oxygen atoms in total. The number of aryl methyl sites for hydroxylation is 1. The Morgan fingerprint density at radius 2 is 1.96 bits per heavy atom. The van der Waals surface area contributed by atoms with Crippen LogP contribution in [0.2, 0.25) is 0 Å². The Hall–Kier alpha value is -1.90. The Kier molecular flexibility index (Phi) is 4.86. The number of hydrogen-bond acceptors (Lipinski definition) is 5. The molecule has 3 rings (SSSR count). The molecule has 0 atom stereocenters. The van der Waals surface area contributed by atoms with E-state index in [9.17, 15) is 8.42 Å². The molecule has 0 fully saturated rings. The zero-order valence-electron chi connectivity index (χ0n) is 14.6. The molecular weight excluding hydrogens is 358 g/mol. The van der Waals surface area contributed by atoms with Crippen molar-refractivity contribution in [1.82, 2.24) is 14.1 Å². The van der Waals surface area contributed by atoms with Crippen molar-refractivity contribution in [3.05, 3.63) is 46.6 Å². The quantitative estimate of drug-likeness (QED) is 0.713. The maximum atomic E-state index is 12.9. The van der Waals surface area contributed by atoms with Gasteiger partial charge in [0.25, 0.3) is 10.0 Å². The fourth-order valence-corrected chi connectivity index (χ4v) is 4.92. The maximum absolute atomic E-state index is 12.9. The Balaban J connectivity index is 1.93. The molecule has 134 valence electrons. The highest BCUT2D eigenvalue weighted by atomic mass is 32.2. The molecule has 2 heterocycles. The van der Waals surface area contributed by atoms with Gasteiger partial charge in [0, 0.05) is 17.6 Å². The predicted molar refractivity (Wildman–Crippen MR) is 98.9 cm³/mol. The van der Waals surface area contributed by atoms with Gasteiger partial charge >= 0.3 is 0 Å². The first-order chi connectivity index (χ1) is 11.8. The Morgan fingerprint density at radius 1 is 1.28 bits per heavy atom. The van der Waals surface area contributed by atoms with Crippen molar-refractivity contribution < 1.29 is 13.2 Å². The molecule has 0 saturated carbocycles. The first-order valence-electron chi connectivity index (χ1n) is 7.93. The number of nitrogens with zero attached hydrogens (tertiary/aromatic N) is 2. The van der Waals surface area contributed by atoms with Crippen molar-refractivity contribution in [1.29, 1.82) is 0 Å². The minimum Gasteiger partial charge on any atom is -0.497 e. The third kappa shape index (κ3) is 3.56. The second kappa shape index (κ2) is 6.78. The second-order valence-electron chi connectivity index (χ2n) is 6.12. The molecule has 0 unspecified atom stereocenters. The molecular formula is C17H21N3O3S2. The number of benzene rings is 1. The smallest absolute Gasteiger partial charge is 0.258 e. The van der Waals surface area contributed by atoms with E-state index in [1.54, 1.807) is 11.5 Å². The molecule has 8 heteroatoms. The number of rotatable bonds is 6. The zero-order valence-corrected chi connectivity index (χ0v) is 16.2. The van der Waals surface area contributed by atoms with Gasteiger partial charge in [0.2, 0.25) is 0 Å². The van der Waals surface area contributed by atoms with Gasteiger partial charge in [-0.3, -0.25) is 4.40 Å². The number of thiazole rings is 1. The number of hydrogen-bond donors (Lipinski definition) is 1. The fraction of sp³-hybridized carbons (Fsp3) is 0.353. The number of sulfonamides is 1. The van der Waals surface area contributed by atoms with Crippen LogP contribution in [0.5, 0.6) is 5.75 Å². The lowest BCUT2D eigenvalue weighted by Gasteiger charge is -2.10.